The van der Waals surface area contributed by atoms with Gasteiger partial charge < -0.3 is 9.64 Å². The first-order valence-corrected chi connectivity index (χ1v) is 10.2. The molecule has 0 atom stereocenters. The van der Waals surface area contributed by atoms with Crippen LogP contribution in [-0.4, -0.2) is 21.8 Å². The molecule has 1 aliphatic carbocycles. The van der Waals surface area contributed by atoms with Gasteiger partial charge in [0.2, 0.25) is 0 Å². The molecule has 1 saturated carbocycles. The van der Waals surface area contributed by atoms with Gasteiger partial charge in [0.1, 0.15) is 23.2 Å². The summed E-state index contributed by atoms with van der Waals surface area (Å²) in [4.78, 5) is 19.3. The molecule has 1 amide bonds. The number of benzene rings is 2. The number of amides is 1. The maximum atomic E-state index is 13.1. The molecule has 7 heteroatoms. The van der Waals surface area contributed by atoms with Gasteiger partial charge in [0.25, 0.3) is 5.91 Å². The van der Waals surface area contributed by atoms with Crippen LogP contribution in [-0.2, 0) is 13.2 Å². The molecular weight excluding hydrogens is 399 g/mol. The number of hydrogen-bond acceptors (Lipinski definition) is 4. The van der Waals surface area contributed by atoms with Crippen LogP contribution in [0, 0.1) is 5.82 Å². The van der Waals surface area contributed by atoms with Gasteiger partial charge in [-0.05, 0) is 61.4 Å². The van der Waals surface area contributed by atoms with Gasteiger partial charge in [-0.2, -0.15) is 0 Å². The van der Waals surface area contributed by atoms with Crippen molar-refractivity contribution < 1.29 is 13.9 Å². The highest BCUT2D eigenvalue weighted by atomic mass is 35.5. The zero-order valence-corrected chi connectivity index (χ0v) is 16.5. The maximum Gasteiger partial charge on any atom is 0.254 e. The number of nitrogens with zero attached hydrogens (tertiary/aromatic N) is 2. The number of rotatable bonds is 7. The molecule has 1 aromatic heterocycles. The van der Waals surface area contributed by atoms with Crippen molar-refractivity contribution in [3.05, 3.63) is 81.0 Å². The summed E-state index contributed by atoms with van der Waals surface area (Å²) < 4.78 is 18.9. The lowest BCUT2D eigenvalue weighted by Crippen LogP contribution is -2.32. The number of aromatic nitrogens is 1. The van der Waals surface area contributed by atoms with Gasteiger partial charge in [-0.25, -0.2) is 9.37 Å². The van der Waals surface area contributed by atoms with E-state index in [-0.39, 0.29) is 17.8 Å². The predicted octanol–water partition coefficient (Wildman–Crippen LogP) is 5.32. The van der Waals surface area contributed by atoms with Crippen molar-refractivity contribution in [2.45, 2.75) is 32.0 Å². The Morgan fingerprint density at radius 3 is 2.57 bits per heavy atom. The second kappa shape index (κ2) is 8.29. The average molecular weight is 417 g/mol. The lowest BCUT2D eigenvalue weighted by Gasteiger charge is -2.21. The summed E-state index contributed by atoms with van der Waals surface area (Å²) in [5.41, 5.74) is 1.33. The first-order chi connectivity index (χ1) is 13.6. The third-order valence-electron chi connectivity index (χ3n) is 4.45. The van der Waals surface area contributed by atoms with E-state index < -0.39 is 0 Å². The lowest BCUT2D eigenvalue weighted by atomic mass is 10.2. The second-order valence-corrected chi connectivity index (χ2v) is 8.03. The normalized spacial score (nSPS) is 13.4. The SMILES string of the molecule is O=C(c1ccc(F)cc1)N(Cc1csc(COc2ccc(Cl)cc2)n1)C1CC1. The second-order valence-electron chi connectivity index (χ2n) is 6.65. The van der Waals surface area contributed by atoms with E-state index in [2.05, 4.69) is 4.98 Å². The van der Waals surface area contributed by atoms with Crippen molar-refractivity contribution in [2.24, 2.45) is 0 Å². The van der Waals surface area contributed by atoms with Crippen LogP contribution in [0.25, 0.3) is 0 Å². The van der Waals surface area contributed by atoms with Gasteiger partial charge in [-0.1, -0.05) is 11.6 Å². The molecule has 1 aliphatic rings. The standard InChI is InChI=1S/C21H18ClFN2O2S/c22-15-3-9-19(10-4-15)27-12-20-24-17(13-28-20)11-25(18-7-8-18)21(26)14-1-5-16(23)6-2-14/h1-6,9-10,13,18H,7-8,11-12H2. The van der Waals surface area contributed by atoms with Crippen LogP contribution in [0.15, 0.2) is 53.9 Å². The fourth-order valence-electron chi connectivity index (χ4n) is 2.85. The highest BCUT2D eigenvalue weighted by Gasteiger charge is 2.33. The van der Waals surface area contributed by atoms with E-state index in [1.165, 1.54) is 35.6 Å². The van der Waals surface area contributed by atoms with Gasteiger partial charge in [0.05, 0.1) is 12.2 Å². The molecule has 1 heterocycles. The van der Waals surface area contributed by atoms with E-state index in [4.69, 9.17) is 16.3 Å². The largest absolute Gasteiger partial charge is 0.486 e. The van der Waals surface area contributed by atoms with Crippen molar-refractivity contribution in [3.8, 4) is 5.75 Å². The third kappa shape index (κ3) is 4.69. The quantitative estimate of drug-likeness (QED) is 0.523. The Labute approximate surface area is 171 Å². The molecule has 4 rings (SSSR count). The smallest absolute Gasteiger partial charge is 0.254 e. The minimum absolute atomic E-state index is 0.0885. The number of carbonyl (C=O) groups is 1. The van der Waals surface area contributed by atoms with Crippen molar-refractivity contribution in [3.63, 3.8) is 0 Å². The topological polar surface area (TPSA) is 42.4 Å². The Kier molecular flexibility index (Phi) is 5.59. The molecule has 3 aromatic rings. The van der Waals surface area contributed by atoms with Gasteiger partial charge in [0, 0.05) is 22.0 Å². The van der Waals surface area contributed by atoms with Gasteiger partial charge in [0.15, 0.2) is 0 Å². The minimum Gasteiger partial charge on any atom is -0.486 e. The molecule has 0 radical (unpaired) electrons. The van der Waals surface area contributed by atoms with E-state index in [0.717, 1.165) is 29.3 Å². The molecule has 0 unspecified atom stereocenters. The first kappa shape index (κ1) is 18.9. The summed E-state index contributed by atoms with van der Waals surface area (Å²) in [6.45, 7) is 0.806. The molecular formula is C21H18ClFN2O2S. The molecule has 0 saturated heterocycles. The fourth-order valence-corrected chi connectivity index (χ4v) is 3.67. The summed E-state index contributed by atoms with van der Waals surface area (Å²) in [7, 11) is 0. The zero-order chi connectivity index (χ0) is 19.5. The molecule has 0 aliphatic heterocycles. The number of ether oxygens (including phenoxy) is 1. The van der Waals surface area contributed by atoms with E-state index in [1.54, 1.807) is 12.1 Å². The minimum atomic E-state index is -0.348. The Balaban J connectivity index is 1.40. The Morgan fingerprint density at radius 2 is 1.89 bits per heavy atom. The van der Waals surface area contributed by atoms with E-state index in [9.17, 15) is 9.18 Å². The van der Waals surface area contributed by atoms with Crippen molar-refractivity contribution in [2.75, 3.05) is 0 Å². The highest BCUT2D eigenvalue weighted by molar-refractivity contribution is 7.09. The van der Waals surface area contributed by atoms with Crippen molar-refractivity contribution in [1.29, 1.82) is 0 Å². The molecule has 0 bridgehead atoms. The number of halogens is 2. The van der Waals surface area contributed by atoms with Crippen LogP contribution in [0.1, 0.15) is 33.9 Å². The highest BCUT2D eigenvalue weighted by Crippen LogP contribution is 2.30. The summed E-state index contributed by atoms with van der Waals surface area (Å²) in [6.07, 6.45) is 1.98. The first-order valence-electron chi connectivity index (χ1n) is 8.96. The lowest BCUT2D eigenvalue weighted by molar-refractivity contribution is 0.0728. The summed E-state index contributed by atoms with van der Waals surface area (Å²) in [5, 5.41) is 3.46. The Bertz CT molecular complexity index is 955. The number of carbonyl (C=O) groups excluding carboxylic acids is 1. The number of thiazole rings is 1. The molecule has 2 aromatic carbocycles. The van der Waals surface area contributed by atoms with Crippen LogP contribution < -0.4 is 4.74 Å². The monoisotopic (exact) mass is 416 g/mol. The van der Waals surface area contributed by atoms with Crippen molar-refractivity contribution in [1.82, 2.24) is 9.88 Å². The molecule has 4 nitrogen and oxygen atoms in total. The average Bonchev–Trinajstić information content (AvgIpc) is 3.45. The molecule has 0 N–H and O–H groups in total. The van der Waals surface area contributed by atoms with E-state index in [0.29, 0.717) is 23.7 Å². The van der Waals surface area contributed by atoms with Gasteiger partial charge >= 0.3 is 0 Å². The zero-order valence-electron chi connectivity index (χ0n) is 15.0. The van der Waals surface area contributed by atoms with Crippen LogP contribution in [0.3, 0.4) is 0 Å². The van der Waals surface area contributed by atoms with Crippen LogP contribution in [0.5, 0.6) is 5.75 Å². The third-order valence-corrected chi connectivity index (χ3v) is 5.57. The molecule has 144 valence electrons. The summed E-state index contributed by atoms with van der Waals surface area (Å²) in [5.74, 6) is 0.293. The summed E-state index contributed by atoms with van der Waals surface area (Å²) >= 11 is 7.38. The fraction of sp³-hybridized carbons (Fsp3) is 0.238. The van der Waals surface area contributed by atoms with E-state index >= 15 is 0 Å². The Morgan fingerprint density at radius 1 is 1.18 bits per heavy atom. The van der Waals surface area contributed by atoms with Crippen LogP contribution in [0.4, 0.5) is 4.39 Å². The van der Waals surface area contributed by atoms with Crippen LogP contribution in [0.2, 0.25) is 5.02 Å². The van der Waals surface area contributed by atoms with Gasteiger partial charge in [-0.15, -0.1) is 11.3 Å². The maximum absolute atomic E-state index is 13.1. The van der Waals surface area contributed by atoms with Gasteiger partial charge in [-0.3, -0.25) is 4.79 Å². The van der Waals surface area contributed by atoms with Crippen LogP contribution >= 0.6 is 22.9 Å². The number of hydrogen-bond donors (Lipinski definition) is 0. The van der Waals surface area contributed by atoms with E-state index in [1.807, 2.05) is 22.4 Å². The Hall–Kier alpha value is -2.44. The van der Waals surface area contributed by atoms with Crippen molar-refractivity contribution >= 4 is 28.8 Å². The summed E-state index contributed by atoms with van der Waals surface area (Å²) in [6, 6.07) is 13.1. The molecule has 1 fully saturated rings. The predicted molar refractivity (Wildman–Crippen MR) is 107 cm³/mol. The molecule has 28 heavy (non-hydrogen) atoms. The molecule has 0 spiro atoms.